The van der Waals surface area contributed by atoms with Crippen LogP contribution in [-0.4, -0.2) is 89.6 Å². The Kier molecular flexibility index (Phi) is 11.1. The van der Waals surface area contributed by atoms with E-state index in [4.69, 9.17) is 9.57 Å². The van der Waals surface area contributed by atoms with Gasteiger partial charge in [0.1, 0.15) is 12.1 Å². The second-order valence-electron chi connectivity index (χ2n) is 15.0. The summed E-state index contributed by atoms with van der Waals surface area (Å²) in [5, 5.41) is 22.0. The zero-order valence-corrected chi connectivity index (χ0v) is 28.9. The Labute approximate surface area is 287 Å². The number of nitriles is 1. The monoisotopic (exact) mass is 676 g/mol. The van der Waals surface area contributed by atoms with E-state index in [9.17, 15) is 29.2 Å². The average Bonchev–Trinajstić information content (AvgIpc) is 3.67. The number of nitrogens with one attached hydrogen (secondary N) is 3. The van der Waals surface area contributed by atoms with Gasteiger partial charge < -0.3 is 30.4 Å². The molecular weight excluding hydrogens is 628 g/mol. The summed E-state index contributed by atoms with van der Waals surface area (Å²) in [6.45, 7) is 8.65. The number of oxime groups is 1. The van der Waals surface area contributed by atoms with Gasteiger partial charge in [0.05, 0.1) is 29.9 Å². The van der Waals surface area contributed by atoms with Crippen molar-refractivity contribution in [2.75, 3.05) is 19.8 Å². The molecule has 264 valence electrons. The second kappa shape index (κ2) is 15.1. The molecule has 3 aliphatic heterocycles. The lowest BCUT2D eigenvalue weighted by atomic mass is 9.85. The summed E-state index contributed by atoms with van der Waals surface area (Å²) in [7, 11) is 0. The van der Waals surface area contributed by atoms with Crippen LogP contribution in [0.3, 0.4) is 0 Å². The number of rotatable bonds is 12. The van der Waals surface area contributed by atoms with Crippen molar-refractivity contribution in [1.29, 1.82) is 5.26 Å². The van der Waals surface area contributed by atoms with Gasteiger partial charge in [0.25, 0.3) is 5.91 Å². The minimum absolute atomic E-state index is 0.0157. The second-order valence-corrected chi connectivity index (χ2v) is 15.0. The maximum absolute atomic E-state index is 14.5. The molecule has 2 saturated heterocycles. The molecule has 13 nitrogen and oxygen atoms in total. The molecule has 0 radical (unpaired) electrons. The maximum Gasteiger partial charge on any atom is 0.289 e. The smallest absolute Gasteiger partial charge is 0.289 e. The highest BCUT2D eigenvalue weighted by Crippen LogP contribution is 2.40. The summed E-state index contributed by atoms with van der Waals surface area (Å²) in [5.41, 5.74) is 0.127. The lowest BCUT2D eigenvalue weighted by Crippen LogP contribution is -2.59. The van der Waals surface area contributed by atoms with Crippen molar-refractivity contribution < 1.29 is 33.5 Å². The topological polar surface area (TPSA) is 179 Å². The number of benzene rings is 1. The Balaban J connectivity index is 1.38. The van der Waals surface area contributed by atoms with Gasteiger partial charge in [-0.3, -0.25) is 24.0 Å². The summed E-state index contributed by atoms with van der Waals surface area (Å²) in [5.74, 6) is -2.54. The largest absolute Gasteiger partial charge is 0.387 e. The van der Waals surface area contributed by atoms with Crippen LogP contribution in [-0.2, 0) is 33.5 Å². The van der Waals surface area contributed by atoms with E-state index in [1.54, 1.807) is 24.3 Å². The van der Waals surface area contributed by atoms with Crippen molar-refractivity contribution in [3.63, 3.8) is 0 Å². The number of ether oxygens (including phenoxy) is 1. The van der Waals surface area contributed by atoms with Gasteiger partial charge in [0.15, 0.2) is 5.60 Å². The molecule has 4 aliphatic rings. The Morgan fingerprint density at radius 3 is 2.37 bits per heavy atom. The van der Waals surface area contributed by atoms with Crippen molar-refractivity contribution in [3.8, 4) is 6.07 Å². The summed E-state index contributed by atoms with van der Waals surface area (Å²) < 4.78 is 5.43. The van der Waals surface area contributed by atoms with Crippen LogP contribution in [0, 0.1) is 22.7 Å². The lowest BCUT2D eigenvalue weighted by Gasteiger charge is -2.36. The van der Waals surface area contributed by atoms with Gasteiger partial charge in [-0.25, -0.2) is 0 Å². The SMILES string of the molecule is CCC[C@H](NC(=O)[C@@H]1C[C@]2(CC(c3ccc(C#N)cc3)=NO2)CN1C(=O)[C@@H](NC(=O)CC1CCOCC1)C(C)(C)C)C(=O)C(=O)NC1CC1. The molecule has 1 aromatic rings. The molecule has 4 atom stereocenters. The van der Waals surface area contributed by atoms with E-state index in [-0.39, 0.29) is 43.7 Å². The van der Waals surface area contributed by atoms with Crippen LogP contribution in [0.25, 0.3) is 0 Å². The third-order valence-corrected chi connectivity index (χ3v) is 9.75. The van der Waals surface area contributed by atoms with Crippen molar-refractivity contribution in [2.24, 2.45) is 16.5 Å². The molecule has 13 heteroatoms. The molecule has 3 fully saturated rings. The van der Waals surface area contributed by atoms with Crippen LogP contribution in [0.5, 0.6) is 0 Å². The van der Waals surface area contributed by atoms with E-state index in [2.05, 4.69) is 27.2 Å². The molecule has 0 unspecified atom stereocenters. The Morgan fingerprint density at radius 2 is 1.76 bits per heavy atom. The highest BCUT2D eigenvalue weighted by atomic mass is 16.7. The van der Waals surface area contributed by atoms with Gasteiger partial charge in [-0.1, -0.05) is 51.4 Å². The normalized spacial score (nSPS) is 23.5. The van der Waals surface area contributed by atoms with Gasteiger partial charge in [-0.05, 0) is 61.1 Å². The fraction of sp³-hybridized carbons (Fsp3) is 0.639. The summed E-state index contributed by atoms with van der Waals surface area (Å²) in [6, 6.07) is 5.93. The number of carbonyl (C=O) groups is 5. The van der Waals surface area contributed by atoms with Crippen molar-refractivity contribution in [3.05, 3.63) is 35.4 Å². The predicted octanol–water partition coefficient (Wildman–Crippen LogP) is 2.50. The Hall–Kier alpha value is -4.31. The highest BCUT2D eigenvalue weighted by Gasteiger charge is 2.55. The number of hydrogen-bond donors (Lipinski definition) is 3. The van der Waals surface area contributed by atoms with Crippen molar-refractivity contribution >= 4 is 35.1 Å². The molecule has 1 saturated carbocycles. The molecule has 5 rings (SSSR count). The Bertz CT molecular complexity index is 1500. The first-order valence-electron chi connectivity index (χ1n) is 17.4. The van der Waals surface area contributed by atoms with Crippen molar-refractivity contribution in [2.45, 2.75) is 115 Å². The van der Waals surface area contributed by atoms with E-state index in [1.807, 2.05) is 27.7 Å². The van der Waals surface area contributed by atoms with Crippen LogP contribution in [0.2, 0.25) is 0 Å². The fourth-order valence-electron chi connectivity index (χ4n) is 6.74. The molecule has 4 amide bonds. The fourth-order valence-corrected chi connectivity index (χ4v) is 6.74. The molecule has 3 N–H and O–H groups in total. The molecule has 3 heterocycles. The number of hydrogen-bond acceptors (Lipinski definition) is 9. The van der Waals surface area contributed by atoms with Crippen LogP contribution < -0.4 is 16.0 Å². The zero-order chi connectivity index (χ0) is 35.3. The van der Waals surface area contributed by atoms with E-state index in [0.29, 0.717) is 37.3 Å². The minimum Gasteiger partial charge on any atom is -0.387 e. The van der Waals surface area contributed by atoms with Crippen molar-refractivity contribution in [1.82, 2.24) is 20.9 Å². The molecule has 1 spiro atoms. The summed E-state index contributed by atoms with van der Waals surface area (Å²) in [4.78, 5) is 75.2. The van der Waals surface area contributed by atoms with Crippen LogP contribution in [0.4, 0.5) is 0 Å². The standard InChI is InChI=1S/C36H48N6O7/c1-5-6-26(30(44)33(46)38-25-11-12-25)39-32(45)28-19-36(18-27(41-49-36)24-9-7-23(20-37)8-10-24)21-42(28)34(47)31(35(2,3)4)40-29(43)17-22-13-15-48-16-14-22/h7-10,22,25-26,28,31H,5-6,11-19,21H2,1-4H3,(H,38,46)(H,39,45)(H,40,43)/t26-,28-,31+,36+/m0/s1. The maximum atomic E-state index is 14.5. The average molecular weight is 677 g/mol. The molecule has 0 aromatic heterocycles. The van der Waals surface area contributed by atoms with Gasteiger partial charge in [0.2, 0.25) is 23.5 Å². The zero-order valence-electron chi connectivity index (χ0n) is 28.9. The number of Topliss-reactive ketones (excluding diaryl/α,β-unsaturated/α-hetero) is 1. The van der Waals surface area contributed by atoms with E-state index < -0.39 is 52.6 Å². The predicted molar refractivity (Wildman–Crippen MR) is 179 cm³/mol. The highest BCUT2D eigenvalue weighted by molar-refractivity contribution is 6.38. The number of carbonyl (C=O) groups excluding carboxylic acids is 5. The summed E-state index contributed by atoms with van der Waals surface area (Å²) in [6.07, 6.45) is 4.62. The first kappa shape index (κ1) is 36.0. The third-order valence-electron chi connectivity index (χ3n) is 9.75. The molecule has 1 aliphatic carbocycles. The van der Waals surface area contributed by atoms with Gasteiger partial charge in [0, 0.05) is 38.5 Å². The molecular formula is C36H48N6O7. The first-order chi connectivity index (χ1) is 23.3. The number of nitrogens with zero attached hydrogens (tertiary/aromatic N) is 3. The van der Waals surface area contributed by atoms with Gasteiger partial charge in [-0.2, -0.15) is 5.26 Å². The molecule has 1 aromatic carbocycles. The van der Waals surface area contributed by atoms with Gasteiger partial charge in [-0.15, -0.1) is 0 Å². The molecule has 0 bridgehead atoms. The van der Waals surface area contributed by atoms with E-state index in [1.165, 1.54) is 4.90 Å². The van der Waals surface area contributed by atoms with Crippen LogP contribution in [0.1, 0.15) is 96.6 Å². The number of ketones is 1. The third kappa shape index (κ3) is 8.84. The molecule has 49 heavy (non-hydrogen) atoms. The summed E-state index contributed by atoms with van der Waals surface area (Å²) >= 11 is 0. The van der Waals surface area contributed by atoms with Crippen LogP contribution in [0.15, 0.2) is 29.4 Å². The lowest BCUT2D eigenvalue weighted by molar-refractivity contribution is -0.145. The van der Waals surface area contributed by atoms with Gasteiger partial charge >= 0.3 is 0 Å². The van der Waals surface area contributed by atoms with E-state index >= 15 is 0 Å². The van der Waals surface area contributed by atoms with E-state index in [0.717, 1.165) is 31.2 Å². The number of likely N-dealkylation sites (tertiary alicyclic amines) is 1. The Morgan fingerprint density at radius 1 is 1.06 bits per heavy atom. The van der Waals surface area contributed by atoms with Crippen LogP contribution >= 0.6 is 0 Å². The minimum atomic E-state index is -1.06. The number of amides is 4. The first-order valence-corrected chi connectivity index (χ1v) is 17.4. The quantitative estimate of drug-likeness (QED) is 0.283.